The van der Waals surface area contributed by atoms with Crippen LogP contribution in [0.2, 0.25) is 10.0 Å². The third-order valence-corrected chi connectivity index (χ3v) is 7.53. The van der Waals surface area contributed by atoms with Gasteiger partial charge in [0.2, 0.25) is 5.91 Å². The smallest absolute Gasteiger partial charge is 0.265 e. The highest BCUT2D eigenvalue weighted by molar-refractivity contribution is 9.10. The van der Waals surface area contributed by atoms with Crippen LogP contribution in [0, 0.1) is 11.3 Å². The van der Waals surface area contributed by atoms with Crippen LogP contribution >= 0.6 is 50.9 Å². The van der Waals surface area contributed by atoms with Gasteiger partial charge in [0.05, 0.1) is 28.1 Å². The Labute approximate surface area is 218 Å². The molecular formula is C24H16BrCl2N3O3S. The summed E-state index contributed by atoms with van der Waals surface area (Å²) >= 11 is 16.7. The maximum atomic E-state index is 13.5. The van der Waals surface area contributed by atoms with E-state index in [2.05, 4.69) is 21.2 Å². The number of rotatable bonds is 6. The molecule has 1 aromatic heterocycles. The minimum Gasteiger partial charge on any atom is -0.467 e. The number of nitrogens with zero attached hydrogens (tertiary/aromatic N) is 2. The van der Waals surface area contributed by atoms with Crippen LogP contribution in [-0.4, -0.2) is 17.1 Å². The van der Waals surface area contributed by atoms with Crippen molar-refractivity contribution in [3.8, 4) is 6.07 Å². The van der Waals surface area contributed by atoms with Crippen LogP contribution in [0.25, 0.3) is 0 Å². The van der Waals surface area contributed by atoms with Crippen molar-refractivity contribution in [2.75, 3.05) is 4.90 Å². The number of benzene rings is 2. The van der Waals surface area contributed by atoms with Crippen LogP contribution in [0.5, 0.6) is 0 Å². The first-order valence-corrected chi connectivity index (χ1v) is 12.5. The minimum absolute atomic E-state index is 0.119. The summed E-state index contributed by atoms with van der Waals surface area (Å²) in [6.45, 7) is 0.119. The summed E-state index contributed by atoms with van der Waals surface area (Å²) < 4.78 is 6.07. The zero-order chi connectivity index (χ0) is 24.2. The topological polar surface area (TPSA) is 86.3 Å². The molecule has 2 aromatic carbocycles. The normalized spacial score (nSPS) is 16.9. The number of nitriles is 1. The van der Waals surface area contributed by atoms with Gasteiger partial charge in [-0.25, -0.2) is 0 Å². The third kappa shape index (κ3) is 5.34. The molecule has 1 saturated heterocycles. The quantitative estimate of drug-likeness (QED) is 0.283. The number of halogens is 3. The van der Waals surface area contributed by atoms with Gasteiger partial charge in [0, 0.05) is 10.2 Å². The fourth-order valence-electron chi connectivity index (χ4n) is 3.36. The number of furan rings is 1. The number of amides is 2. The summed E-state index contributed by atoms with van der Waals surface area (Å²) in [6.07, 6.45) is 1.85. The molecule has 1 unspecified atom stereocenters. The van der Waals surface area contributed by atoms with Gasteiger partial charge in [-0.05, 0) is 60.5 Å². The highest BCUT2D eigenvalue weighted by Gasteiger charge is 2.40. The summed E-state index contributed by atoms with van der Waals surface area (Å²) in [5, 5.41) is 13.1. The van der Waals surface area contributed by atoms with Crippen molar-refractivity contribution >= 4 is 68.4 Å². The second-order valence-electron chi connectivity index (χ2n) is 7.26. The minimum atomic E-state index is -0.591. The molecule has 34 heavy (non-hydrogen) atoms. The molecule has 1 aliphatic rings. The maximum Gasteiger partial charge on any atom is 0.265 e. The number of carbonyl (C=O) groups excluding carboxylic acids is 2. The van der Waals surface area contributed by atoms with Crippen LogP contribution < -0.4 is 10.2 Å². The lowest BCUT2D eigenvalue weighted by molar-refractivity contribution is -0.117. The SMILES string of the molecule is N#CC(C(=O)NCc1ccco1)=C1SC(Cc2ccc(Cl)c(Cl)c2)C(=O)N1c1ccc(Br)cc1. The molecule has 0 aliphatic carbocycles. The molecular weight excluding hydrogens is 561 g/mol. The molecule has 1 fully saturated rings. The molecule has 172 valence electrons. The molecule has 4 rings (SSSR count). The molecule has 0 radical (unpaired) electrons. The van der Waals surface area contributed by atoms with Crippen molar-refractivity contribution in [1.82, 2.24) is 5.32 Å². The zero-order valence-electron chi connectivity index (χ0n) is 17.4. The van der Waals surface area contributed by atoms with Gasteiger partial charge in [-0.1, -0.05) is 57.0 Å². The molecule has 3 aromatic rings. The van der Waals surface area contributed by atoms with Crippen LogP contribution in [0.3, 0.4) is 0 Å². The Morgan fingerprint density at radius 2 is 1.94 bits per heavy atom. The number of hydrogen-bond acceptors (Lipinski definition) is 5. The van der Waals surface area contributed by atoms with Gasteiger partial charge in [0.15, 0.2) is 0 Å². The largest absolute Gasteiger partial charge is 0.467 e. The first-order valence-electron chi connectivity index (χ1n) is 10.0. The Morgan fingerprint density at radius 1 is 1.18 bits per heavy atom. The molecule has 1 atom stereocenters. The van der Waals surface area contributed by atoms with Crippen molar-refractivity contribution in [2.45, 2.75) is 18.2 Å². The predicted octanol–water partition coefficient (Wildman–Crippen LogP) is 6.09. The summed E-state index contributed by atoms with van der Waals surface area (Å²) in [5.74, 6) is -0.278. The number of hydrogen-bond donors (Lipinski definition) is 1. The van der Waals surface area contributed by atoms with E-state index in [-0.39, 0.29) is 23.1 Å². The Morgan fingerprint density at radius 3 is 2.59 bits per heavy atom. The number of anilines is 1. The van der Waals surface area contributed by atoms with Crippen LogP contribution in [0.15, 0.2) is 80.4 Å². The molecule has 0 spiro atoms. The van der Waals surface area contributed by atoms with Crippen molar-refractivity contribution < 1.29 is 14.0 Å². The van der Waals surface area contributed by atoms with Crippen molar-refractivity contribution in [3.05, 3.63) is 97.3 Å². The van der Waals surface area contributed by atoms with E-state index in [9.17, 15) is 14.9 Å². The fraction of sp³-hybridized carbons (Fsp3) is 0.125. The number of thioether (sulfide) groups is 1. The van der Waals surface area contributed by atoms with E-state index in [1.54, 1.807) is 54.6 Å². The average Bonchev–Trinajstić information content (AvgIpc) is 3.45. The van der Waals surface area contributed by atoms with Crippen molar-refractivity contribution in [2.24, 2.45) is 0 Å². The second kappa shape index (κ2) is 10.7. The maximum absolute atomic E-state index is 13.5. The van der Waals surface area contributed by atoms with Crippen molar-refractivity contribution in [1.29, 1.82) is 5.26 Å². The van der Waals surface area contributed by atoms with Gasteiger partial charge < -0.3 is 9.73 Å². The van der Waals surface area contributed by atoms with Crippen molar-refractivity contribution in [3.63, 3.8) is 0 Å². The summed E-state index contributed by atoms with van der Waals surface area (Å²) in [7, 11) is 0. The molecule has 1 aliphatic heterocycles. The molecule has 2 heterocycles. The Bertz CT molecular complexity index is 1300. The van der Waals surface area contributed by atoms with E-state index in [4.69, 9.17) is 27.6 Å². The lowest BCUT2D eigenvalue weighted by Gasteiger charge is -2.18. The third-order valence-electron chi connectivity index (χ3n) is 5.00. The summed E-state index contributed by atoms with van der Waals surface area (Å²) in [6, 6.07) is 17.7. The van der Waals surface area contributed by atoms with Gasteiger partial charge in [0.25, 0.3) is 5.91 Å². The van der Waals surface area contributed by atoms with E-state index in [1.165, 1.54) is 22.9 Å². The van der Waals surface area contributed by atoms with Gasteiger partial charge in [-0.15, -0.1) is 0 Å². The fourth-order valence-corrected chi connectivity index (χ4v) is 5.26. The second-order valence-corrected chi connectivity index (χ2v) is 10.2. The Kier molecular flexibility index (Phi) is 7.69. The van der Waals surface area contributed by atoms with Gasteiger partial charge in [-0.3, -0.25) is 14.5 Å². The monoisotopic (exact) mass is 575 g/mol. The number of carbonyl (C=O) groups is 2. The Balaban J connectivity index is 1.68. The molecule has 2 amide bonds. The van der Waals surface area contributed by atoms with Gasteiger partial charge >= 0.3 is 0 Å². The summed E-state index contributed by atoms with van der Waals surface area (Å²) in [5.41, 5.74) is 1.22. The lowest BCUT2D eigenvalue weighted by Crippen LogP contribution is -2.32. The molecule has 1 N–H and O–H groups in total. The first-order chi connectivity index (χ1) is 16.4. The van der Waals surface area contributed by atoms with Crippen LogP contribution in [0.4, 0.5) is 5.69 Å². The van der Waals surface area contributed by atoms with E-state index in [0.29, 0.717) is 27.9 Å². The Hall–Kier alpha value is -2.70. The van der Waals surface area contributed by atoms with Crippen LogP contribution in [0.1, 0.15) is 11.3 Å². The average molecular weight is 577 g/mol. The molecule has 6 nitrogen and oxygen atoms in total. The predicted molar refractivity (Wildman–Crippen MR) is 136 cm³/mol. The van der Waals surface area contributed by atoms with E-state index in [1.807, 2.05) is 6.07 Å². The molecule has 10 heteroatoms. The standard InChI is InChI=1S/C24H16BrCl2N3O3S/c25-15-4-6-16(7-5-15)30-23(32)21(11-14-3-8-19(26)20(27)10-14)34-24(30)18(12-28)22(31)29-13-17-2-1-9-33-17/h1-10,21H,11,13H2,(H,29,31). The van der Waals surface area contributed by atoms with Gasteiger partial charge in [-0.2, -0.15) is 5.26 Å². The highest BCUT2D eigenvalue weighted by atomic mass is 79.9. The van der Waals surface area contributed by atoms with Gasteiger partial charge in [0.1, 0.15) is 22.4 Å². The lowest BCUT2D eigenvalue weighted by atomic mass is 10.1. The van der Waals surface area contributed by atoms with E-state index in [0.717, 1.165) is 10.0 Å². The van der Waals surface area contributed by atoms with E-state index < -0.39 is 11.2 Å². The molecule has 0 bridgehead atoms. The van der Waals surface area contributed by atoms with Crippen LogP contribution in [-0.2, 0) is 22.6 Å². The number of nitrogens with one attached hydrogen (secondary N) is 1. The highest BCUT2D eigenvalue weighted by Crippen LogP contribution is 2.42. The summed E-state index contributed by atoms with van der Waals surface area (Å²) in [4.78, 5) is 27.8. The first kappa shape index (κ1) is 24.4. The molecule has 0 saturated carbocycles. The van der Waals surface area contributed by atoms with E-state index >= 15 is 0 Å². The zero-order valence-corrected chi connectivity index (χ0v) is 21.3.